The molecule has 0 saturated heterocycles. The highest BCUT2D eigenvalue weighted by Gasteiger charge is 2.18. The quantitative estimate of drug-likeness (QED) is 0.880. The maximum atomic E-state index is 11.5. The van der Waals surface area contributed by atoms with E-state index in [9.17, 15) is 4.79 Å². The van der Waals surface area contributed by atoms with Crippen molar-refractivity contribution in [2.24, 2.45) is 5.73 Å². The third-order valence-electron chi connectivity index (χ3n) is 3.58. The molecule has 0 spiro atoms. The zero-order valence-corrected chi connectivity index (χ0v) is 12.5. The molecule has 1 amide bonds. The first-order valence-electron chi connectivity index (χ1n) is 7.13. The molecule has 0 unspecified atom stereocenters. The molecule has 21 heavy (non-hydrogen) atoms. The maximum Gasteiger partial charge on any atom is 0.267 e. The smallest absolute Gasteiger partial charge is 0.267 e. The summed E-state index contributed by atoms with van der Waals surface area (Å²) in [6.45, 7) is 0. The molecule has 0 atom stereocenters. The van der Waals surface area contributed by atoms with Crippen molar-refractivity contribution in [2.75, 3.05) is 0 Å². The summed E-state index contributed by atoms with van der Waals surface area (Å²) < 4.78 is 0. The molecule has 0 aliphatic heterocycles. The average molecular weight is 299 g/mol. The van der Waals surface area contributed by atoms with E-state index in [-0.39, 0.29) is 5.69 Å². The van der Waals surface area contributed by atoms with Crippen LogP contribution in [-0.4, -0.2) is 21.1 Å². The normalized spacial score (nSPS) is 15.2. The molecule has 1 fully saturated rings. The fraction of sp³-hybridized carbons (Fsp3) is 0.312. The maximum absolute atomic E-state index is 11.5. The van der Waals surface area contributed by atoms with Crippen LogP contribution < -0.4 is 5.73 Å². The zero-order chi connectivity index (χ0) is 14.7. The fourth-order valence-electron chi connectivity index (χ4n) is 2.50. The minimum absolute atomic E-state index is 0.282. The molecule has 2 aromatic rings. The first-order chi connectivity index (χ1) is 10.2. The fourth-order valence-corrected chi connectivity index (χ4v) is 3.73. The van der Waals surface area contributed by atoms with Crippen LogP contribution in [0.2, 0.25) is 0 Å². The number of nitrogens with two attached hydrogens (primary N) is 1. The predicted molar refractivity (Wildman–Crippen MR) is 84.1 cm³/mol. The van der Waals surface area contributed by atoms with Crippen LogP contribution in [-0.2, 0) is 0 Å². The monoisotopic (exact) mass is 299 g/mol. The van der Waals surface area contributed by atoms with Gasteiger partial charge in [-0.3, -0.25) is 4.79 Å². The number of rotatable bonds is 4. The van der Waals surface area contributed by atoms with E-state index in [0.717, 1.165) is 10.6 Å². The Hall–Kier alpha value is -1.88. The Bertz CT molecular complexity index is 639. The summed E-state index contributed by atoms with van der Waals surface area (Å²) in [6, 6.07) is 11.4. The van der Waals surface area contributed by atoms with Crippen molar-refractivity contribution in [1.82, 2.24) is 9.97 Å². The van der Waals surface area contributed by atoms with Crippen molar-refractivity contribution < 1.29 is 4.79 Å². The molecule has 1 aromatic carbocycles. The second-order valence-electron chi connectivity index (χ2n) is 5.17. The first kappa shape index (κ1) is 14.1. The summed E-state index contributed by atoms with van der Waals surface area (Å²) in [5.74, 6) is 0.0512. The molecule has 0 bridgehead atoms. The van der Waals surface area contributed by atoms with Crippen molar-refractivity contribution in [2.45, 2.75) is 36.0 Å². The highest BCUT2D eigenvalue weighted by atomic mass is 32.2. The molecule has 1 aromatic heterocycles. The highest BCUT2D eigenvalue weighted by Crippen LogP contribution is 2.34. The summed E-state index contributed by atoms with van der Waals surface area (Å²) >= 11 is 1.73. The lowest BCUT2D eigenvalue weighted by Crippen LogP contribution is -2.14. The van der Waals surface area contributed by atoms with E-state index in [1.165, 1.54) is 25.7 Å². The van der Waals surface area contributed by atoms with E-state index in [0.29, 0.717) is 11.1 Å². The number of hydrogen-bond acceptors (Lipinski definition) is 4. The molecular formula is C16H17N3OS. The number of primary amides is 1. The van der Waals surface area contributed by atoms with Gasteiger partial charge in [-0.25, -0.2) is 9.97 Å². The SMILES string of the molecule is NC(=O)c1cc(SC2CCCC2)nc(-c2ccccc2)n1. The molecule has 5 heteroatoms. The van der Waals surface area contributed by atoms with E-state index in [4.69, 9.17) is 5.73 Å². The van der Waals surface area contributed by atoms with Crippen molar-refractivity contribution in [1.29, 1.82) is 0 Å². The van der Waals surface area contributed by atoms with Gasteiger partial charge < -0.3 is 5.73 Å². The standard InChI is InChI=1S/C16H17N3OS/c17-15(20)13-10-14(21-12-8-4-5-9-12)19-16(18-13)11-6-2-1-3-7-11/h1-3,6-7,10,12H,4-5,8-9H2,(H2,17,20). The minimum atomic E-state index is -0.511. The first-order valence-corrected chi connectivity index (χ1v) is 8.01. The summed E-state index contributed by atoms with van der Waals surface area (Å²) in [6.07, 6.45) is 4.97. The Morgan fingerprint density at radius 3 is 2.52 bits per heavy atom. The molecular weight excluding hydrogens is 282 g/mol. The van der Waals surface area contributed by atoms with Gasteiger partial charge in [0.15, 0.2) is 5.82 Å². The van der Waals surface area contributed by atoms with Crippen molar-refractivity contribution in [3.8, 4) is 11.4 Å². The number of nitrogens with zero attached hydrogens (tertiary/aromatic N) is 2. The second kappa shape index (κ2) is 6.26. The van der Waals surface area contributed by atoms with Crippen LogP contribution in [0.3, 0.4) is 0 Å². The Morgan fingerprint density at radius 1 is 1.14 bits per heavy atom. The number of hydrogen-bond donors (Lipinski definition) is 1. The van der Waals surface area contributed by atoms with Gasteiger partial charge in [0, 0.05) is 16.9 Å². The van der Waals surface area contributed by atoms with Crippen LogP contribution in [0.1, 0.15) is 36.2 Å². The van der Waals surface area contributed by atoms with Gasteiger partial charge in [0.25, 0.3) is 5.91 Å². The third-order valence-corrected chi connectivity index (χ3v) is 4.83. The Morgan fingerprint density at radius 2 is 1.86 bits per heavy atom. The second-order valence-corrected chi connectivity index (χ2v) is 6.49. The number of amides is 1. The Balaban J connectivity index is 1.95. The van der Waals surface area contributed by atoms with Crippen LogP contribution >= 0.6 is 11.8 Å². The average Bonchev–Trinajstić information content (AvgIpc) is 3.01. The van der Waals surface area contributed by atoms with E-state index in [1.807, 2.05) is 30.3 Å². The molecule has 4 nitrogen and oxygen atoms in total. The molecule has 2 N–H and O–H groups in total. The minimum Gasteiger partial charge on any atom is -0.364 e. The highest BCUT2D eigenvalue weighted by molar-refractivity contribution is 7.99. The van der Waals surface area contributed by atoms with Gasteiger partial charge in [0.1, 0.15) is 10.7 Å². The van der Waals surface area contributed by atoms with Crippen molar-refractivity contribution >= 4 is 17.7 Å². The number of carbonyl (C=O) groups excluding carboxylic acids is 1. The van der Waals surface area contributed by atoms with E-state index in [2.05, 4.69) is 9.97 Å². The summed E-state index contributed by atoms with van der Waals surface area (Å²) in [7, 11) is 0. The summed E-state index contributed by atoms with van der Waals surface area (Å²) in [5.41, 5.74) is 6.58. The largest absolute Gasteiger partial charge is 0.364 e. The van der Waals surface area contributed by atoms with Crippen LogP contribution in [0, 0.1) is 0 Å². The van der Waals surface area contributed by atoms with Crippen LogP contribution in [0.15, 0.2) is 41.4 Å². The van der Waals surface area contributed by atoms with Crippen molar-refractivity contribution in [3.05, 3.63) is 42.1 Å². The Labute approximate surface area is 128 Å². The van der Waals surface area contributed by atoms with Crippen LogP contribution in [0.25, 0.3) is 11.4 Å². The number of carbonyl (C=O) groups is 1. The van der Waals surface area contributed by atoms with Gasteiger partial charge in [0.05, 0.1) is 0 Å². The van der Waals surface area contributed by atoms with Crippen molar-refractivity contribution in [3.63, 3.8) is 0 Å². The third kappa shape index (κ3) is 3.42. The zero-order valence-electron chi connectivity index (χ0n) is 11.7. The lowest BCUT2D eigenvalue weighted by Gasteiger charge is -2.10. The number of benzene rings is 1. The molecule has 1 saturated carbocycles. The predicted octanol–water partition coefficient (Wildman–Crippen LogP) is 3.28. The van der Waals surface area contributed by atoms with Gasteiger partial charge in [-0.15, -0.1) is 11.8 Å². The van der Waals surface area contributed by atoms with Crippen LogP contribution in [0.5, 0.6) is 0 Å². The molecule has 1 aliphatic rings. The molecule has 108 valence electrons. The number of aromatic nitrogens is 2. The van der Waals surface area contributed by atoms with Crippen LogP contribution in [0.4, 0.5) is 0 Å². The van der Waals surface area contributed by atoms with Gasteiger partial charge in [-0.05, 0) is 12.8 Å². The summed E-state index contributed by atoms with van der Waals surface area (Å²) in [4.78, 5) is 20.4. The van der Waals surface area contributed by atoms with E-state index >= 15 is 0 Å². The Kier molecular flexibility index (Phi) is 4.20. The topological polar surface area (TPSA) is 68.9 Å². The van der Waals surface area contributed by atoms with Gasteiger partial charge in [0.2, 0.25) is 0 Å². The molecule has 3 rings (SSSR count). The van der Waals surface area contributed by atoms with Gasteiger partial charge >= 0.3 is 0 Å². The number of thioether (sulfide) groups is 1. The molecule has 0 radical (unpaired) electrons. The summed E-state index contributed by atoms with van der Waals surface area (Å²) in [5, 5.41) is 1.42. The lowest BCUT2D eigenvalue weighted by molar-refractivity contribution is 0.0995. The van der Waals surface area contributed by atoms with E-state index in [1.54, 1.807) is 17.8 Å². The van der Waals surface area contributed by atoms with Gasteiger partial charge in [-0.2, -0.15) is 0 Å². The van der Waals surface area contributed by atoms with E-state index < -0.39 is 5.91 Å². The van der Waals surface area contributed by atoms with Gasteiger partial charge in [-0.1, -0.05) is 43.2 Å². The molecule has 1 aliphatic carbocycles. The lowest BCUT2D eigenvalue weighted by atomic mass is 10.2. The molecule has 1 heterocycles.